The number of carbonyl (C=O) groups excluding carboxylic acids is 1. The van der Waals surface area contributed by atoms with Crippen molar-refractivity contribution >= 4 is 45.7 Å². The van der Waals surface area contributed by atoms with E-state index in [0.717, 1.165) is 23.1 Å². The number of rotatable bonds is 3. The van der Waals surface area contributed by atoms with E-state index in [1.165, 1.54) is 6.07 Å². The summed E-state index contributed by atoms with van der Waals surface area (Å²) in [5.74, 6) is -0.154. The Morgan fingerprint density at radius 3 is 2.31 bits per heavy atom. The van der Waals surface area contributed by atoms with Crippen molar-refractivity contribution in [1.29, 1.82) is 0 Å². The lowest BCUT2D eigenvalue weighted by molar-refractivity contribution is -0.137. The smallest absolute Gasteiger partial charge is 0.368 e. The van der Waals surface area contributed by atoms with Gasteiger partial charge in [-0.05, 0) is 42.5 Å². The summed E-state index contributed by atoms with van der Waals surface area (Å²) < 4.78 is 39.4. The maximum absolute atomic E-state index is 13.6. The third-order valence-electron chi connectivity index (χ3n) is 6.27. The van der Waals surface area contributed by atoms with Crippen LogP contribution >= 0.6 is 23.2 Å². The van der Waals surface area contributed by atoms with E-state index in [4.69, 9.17) is 28.2 Å². The molecule has 0 bridgehead atoms. The molecule has 0 unspecified atom stereocenters. The first-order chi connectivity index (χ1) is 17.2. The van der Waals surface area contributed by atoms with Crippen LogP contribution < -0.4 is 4.90 Å². The largest absolute Gasteiger partial charge is 0.416 e. The molecule has 2 heterocycles. The summed E-state index contributed by atoms with van der Waals surface area (Å²) in [6.45, 7) is 1.62. The molecule has 9 heteroatoms. The zero-order chi connectivity index (χ0) is 25.4. The molecule has 3 aromatic carbocycles. The molecule has 1 aliphatic rings. The average molecular weight is 530 g/mol. The van der Waals surface area contributed by atoms with E-state index in [9.17, 15) is 18.0 Å². The second-order valence-electron chi connectivity index (χ2n) is 8.53. The SMILES string of the molecule is O=C(c1cc(-c2ccc(Cl)c(Cl)c2)nc2ccccc12)N1CCN(c2cccc(C(F)(F)F)c2)CC1. The Morgan fingerprint density at radius 2 is 1.58 bits per heavy atom. The summed E-state index contributed by atoms with van der Waals surface area (Å²) >= 11 is 12.3. The predicted octanol–water partition coefficient (Wildman–Crippen LogP) is 7.19. The fourth-order valence-corrected chi connectivity index (χ4v) is 4.67. The minimum atomic E-state index is -4.40. The summed E-state index contributed by atoms with van der Waals surface area (Å²) in [6.07, 6.45) is -4.40. The van der Waals surface area contributed by atoms with Crippen LogP contribution in [-0.4, -0.2) is 42.0 Å². The van der Waals surface area contributed by atoms with Crippen molar-refractivity contribution in [3.63, 3.8) is 0 Å². The molecule has 0 N–H and O–H groups in total. The fourth-order valence-electron chi connectivity index (χ4n) is 4.37. The Hall–Kier alpha value is -3.29. The number of nitrogens with zero attached hydrogens (tertiary/aromatic N) is 3. The quantitative estimate of drug-likeness (QED) is 0.281. The number of hydrogen-bond acceptors (Lipinski definition) is 3. The molecule has 0 saturated carbocycles. The van der Waals surface area contributed by atoms with Crippen LogP contribution in [0, 0.1) is 0 Å². The van der Waals surface area contributed by atoms with Crippen molar-refractivity contribution in [2.45, 2.75) is 6.18 Å². The monoisotopic (exact) mass is 529 g/mol. The number of halogens is 5. The zero-order valence-electron chi connectivity index (χ0n) is 18.9. The zero-order valence-corrected chi connectivity index (χ0v) is 20.4. The second kappa shape index (κ2) is 9.64. The Labute approximate surface area is 215 Å². The summed E-state index contributed by atoms with van der Waals surface area (Å²) in [5, 5.41) is 1.55. The maximum atomic E-state index is 13.6. The van der Waals surface area contributed by atoms with Crippen LogP contribution in [0.4, 0.5) is 18.9 Å². The molecule has 4 aromatic rings. The first-order valence-corrected chi connectivity index (χ1v) is 12.0. The van der Waals surface area contributed by atoms with Gasteiger partial charge in [-0.1, -0.05) is 53.5 Å². The molecule has 36 heavy (non-hydrogen) atoms. The minimum absolute atomic E-state index is 0.154. The Kier molecular flexibility index (Phi) is 6.53. The summed E-state index contributed by atoms with van der Waals surface area (Å²) in [7, 11) is 0. The van der Waals surface area contributed by atoms with Gasteiger partial charge in [-0.25, -0.2) is 4.98 Å². The normalized spacial score (nSPS) is 14.4. The molecular weight excluding hydrogens is 510 g/mol. The highest BCUT2D eigenvalue weighted by Gasteiger charge is 2.31. The van der Waals surface area contributed by atoms with Crippen molar-refractivity contribution < 1.29 is 18.0 Å². The third-order valence-corrected chi connectivity index (χ3v) is 7.01. The van der Waals surface area contributed by atoms with Gasteiger partial charge in [0.25, 0.3) is 5.91 Å². The van der Waals surface area contributed by atoms with E-state index in [1.807, 2.05) is 29.2 Å². The predicted molar refractivity (Wildman–Crippen MR) is 137 cm³/mol. The van der Waals surface area contributed by atoms with Crippen LogP contribution in [0.25, 0.3) is 22.2 Å². The van der Waals surface area contributed by atoms with Crippen molar-refractivity contribution in [3.8, 4) is 11.3 Å². The molecule has 1 fully saturated rings. The molecule has 0 atom stereocenters. The first-order valence-electron chi connectivity index (χ1n) is 11.3. The van der Waals surface area contributed by atoms with E-state index >= 15 is 0 Å². The lowest BCUT2D eigenvalue weighted by Gasteiger charge is -2.36. The van der Waals surface area contributed by atoms with Crippen LogP contribution in [-0.2, 0) is 6.18 Å². The molecule has 0 aliphatic carbocycles. The Bertz CT molecular complexity index is 1450. The second-order valence-corrected chi connectivity index (χ2v) is 9.34. The van der Waals surface area contributed by atoms with E-state index in [2.05, 4.69) is 0 Å². The lowest BCUT2D eigenvalue weighted by Crippen LogP contribution is -2.48. The number of piperazine rings is 1. The van der Waals surface area contributed by atoms with Gasteiger partial charge in [0.05, 0.1) is 32.4 Å². The number of carbonyl (C=O) groups is 1. The van der Waals surface area contributed by atoms with Crippen molar-refractivity contribution in [2.24, 2.45) is 0 Å². The van der Waals surface area contributed by atoms with Gasteiger partial charge >= 0.3 is 6.18 Å². The number of amides is 1. The maximum Gasteiger partial charge on any atom is 0.416 e. The highest BCUT2D eigenvalue weighted by atomic mass is 35.5. The van der Waals surface area contributed by atoms with Gasteiger partial charge in [-0.15, -0.1) is 0 Å². The minimum Gasteiger partial charge on any atom is -0.368 e. The van der Waals surface area contributed by atoms with Gasteiger partial charge in [0.2, 0.25) is 0 Å². The van der Waals surface area contributed by atoms with Crippen LogP contribution in [0.1, 0.15) is 15.9 Å². The molecule has 0 radical (unpaired) electrons. The summed E-state index contributed by atoms with van der Waals surface area (Å²) in [6, 6.07) is 19.6. The fraction of sp³-hybridized carbons (Fsp3) is 0.185. The van der Waals surface area contributed by atoms with E-state index in [0.29, 0.717) is 58.7 Å². The molecule has 1 aliphatic heterocycles. The summed E-state index contributed by atoms with van der Waals surface area (Å²) in [5.41, 5.74) is 2.32. The number of fused-ring (bicyclic) bond motifs is 1. The van der Waals surface area contributed by atoms with Gasteiger partial charge in [0.1, 0.15) is 0 Å². The first kappa shape index (κ1) is 24.4. The third kappa shape index (κ3) is 4.86. The number of hydrogen-bond donors (Lipinski definition) is 0. The molecule has 184 valence electrons. The standard InChI is InChI=1S/C27H20Cl2F3N3O/c28-22-9-8-17(14-23(22)29)25-16-21(20-6-1-2-7-24(20)33-25)26(36)35-12-10-34(11-13-35)19-5-3-4-18(15-19)27(30,31)32/h1-9,14-16H,10-13H2. The molecule has 0 spiro atoms. The number of aromatic nitrogens is 1. The Morgan fingerprint density at radius 1 is 0.833 bits per heavy atom. The highest BCUT2D eigenvalue weighted by Crippen LogP contribution is 2.33. The van der Waals surface area contributed by atoms with Crippen LogP contribution in [0.3, 0.4) is 0 Å². The van der Waals surface area contributed by atoms with Gasteiger partial charge in [0.15, 0.2) is 0 Å². The van der Waals surface area contributed by atoms with Gasteiger partial charge in [-0.2, -0.15) is 13.2 Å². The van der Waals surface area contributed by atoms with E-state index in [1.54, 1.807) is 35.2 Å². The molecule has 5 rings (SSSR count). The number of para-hydroxylation sites is 1. The lowest BCUT2D eigenvalue weighted by atomic mass is 10.0. The van der Waals surface area contributed by atoms with Crippen molar-refractivity contribution in [2.75, 3.05) is 31.1 Å². The molecule has 1 amide bonds. The molecule has 1 aromatic heterocycles. The van der Waals surface area contributed by atoms with Crippen LogP contribution in [0.2, 0.25) is 10.0 Å². The van der Waals surface area contributed by atoms with E-state index < -0.39 is 11.7 Å². The number of benzene rings is 3. The number of anilines is 1. The topological polar surface area (TPSA) is 36.4 Å². The van der Waals surface area contributed by atoms with Crippen molar-refractivity contribution in [3.05, 3.63) is 94.0 Å². The Balaban J connectivity index is 1.41. The van der Waals surface area contributed by atoms with Crippen molar-refractivity contribution in [1.82, 2.24) is 9.88 Å². The van der Waals surface area contributed by atoms with Gasteiger partial charge < -0.3 is 9.80 Å². The van der Waals surface area contributed by atoms with Crippen LogP contribution in [0.15, 0.2) is 72.8 Å². The highest BCUT2D eigenvalue weighted by molar-refractivity contribution is 6.42. The molecule has 1 saturated heterocycles. The number of pyridine rings is 1. The summed E-state index contributed by atoms with van der Waals surface area (Å²) in [4.78, 5) is 21.9. The average Bonchev–Trinajstić information content (AvgIpc) is 2.89. The molecule has 4 nitrogen and oxygen atoms in total. The molecular formula is C27H20Cl2F3N3O. The van der Waals surface area contributed by atoms with Crippen LogP contribution in [0.5, 0.6) is 0 Å². The van der Waals surface area contributed by atoms with Gasteiger partial charge in [0, 0.05) is 42.8 Å². The van der Waals surface area contributed by atoms with Gasteiger partial charge in [-0.3, -0.25) is 4.79 Å². The van der Waals surface area contributed by atoms with E-state index in [-0.39, 0.29) is 5.91 Å². The number of alkyl halides is 3.